The second kappa shape index (κ2) is 10.6. The van der Waals surface area contributed by atoms with E-state index in [1.807, 2.05) is 6.07 Å². The van der Waals surface area contributed by atoms with Crippen LogP contribution >= 0.6 is 0 Å². The largest absolute Gasteiger partial charge is 0.495 e. The fourth-order valence-electron chi connectivity index (χ4n) is 2.88. The smallest absolute Gasteiger partial charge is 0.337 e. The van der Waals surface area contributed by atoms with Gasteiger partial charge in [0.05, 0.1) is 32.0 Å². The molecule has 32 heavy (non-hydrogen) atoms. The Balaban J connectivity index is 1.52. The molecule has 2 amide bonds. The van der Waals surface area contributed by atoms with Crippen LogP contribution in [0.2, 0.25) is 0 Å². The van der Waals surface area contributed by atoms with Gasteiger partial charge in [-0.05, 0) is 60.7 Å². The standard InChI is InChI=1S/C24H23N3O5/c1-31-21-6-4-3-5-20(21)27-23(29)16-7-13-19(14-8-16)26-22(28)15-25-18-11-9-17(10-12-18)24(30)32-2/h3-14,25H,15H2,1-2H3,(H,26,28)(H,27,29). The van der Waals surface area contributed by atoms with E-state index < -0.39 is 5.97 Å². The van der Waals surface area contributed by atoms with Gasteiger partial charge in [-0.15, -0.1) is 0 Å². The Bertz CT molecular complexity index is 1100. The van der Waals surface area contributed by atoms with Crippen LogP contribution in [-0.2, 0) is 9.53 Å². The number of anilines is 3. The highest BCUT2D eigenvalue weighted by molar-refractivity contribution is 6.05. The minimum Gasteiger partial charge on any atom is -0.495 e. The molecular formula is C24H23N3O5. The molecule has 0 saturated heterocycles. The van der Waals surface area contributed by atoms with E-state index in [2.05, 4.69) is 20.7 Å². The van der Waals surface area contributed by atoms with Crippen molar-refractivity contribution < 1.29 is 23.9 Å². The molecule has 0 fully saturated rings. The van der Waals surface area contributed by atoms with Crippen molar-refractivity contribution in [1.29, 1.82) is 0 Å². The molecule has 0 saturated carbocycles. The van der Waals surface area contributed by atoms with Gasteiger partial charge in [-0.1, -0.05) is 12.1 Å². The number of rotatable bonds is 8. The first kappa shape index (κ1) is 22.4. The maximum absolute atomic E-state index is 12.5. The zero-order valence-corrected chi connectivity index (χ0v) is 17.7. The first-order valence-electron chi connectivity index (χ1n) is 9.76. The third-order valence-corrected chi connectivity index (χ3v) is 4.55. The van der Waals surface area contributed by atoms with Crippen molar-refractivity contribution in [3.63, 3.8) is 0 Å². The van der Waals surface area contributed by atoms with Gasteiger partial charge in [-0.2, -0.15) is 0 Å². The molecule has 0 aliphatic rings. The van der Waals surface area contributed by atoms with Crippen LogP contribution in [0, 0.1) is 0 Å². The molecular weight excluding hydrogens is 410 g/mol. The van der Waals surface area contributed by atoms with Crippen LogP contribution in [-0.4, -0.2) is 38.5 Å². The summed E-state index contributed by atoms with van der Waals surface area (Å²) in [4.78, 5) is 36.1. The predicted octanol–water partition coefficient (Wildman–Crippen LogP) is 3.78. The molecule has 0 spiro atoms. The van der Waals surface area contributed by atoms with Gasteiger partial charge in [0.25, 0.3) is 5.91 Å². The van der Waals surface area contributed by atoms with Crippen LogP contribution in [0.3, 0.4) is 0 Å². The number of carbonyl (C=O) groups is 3. The average molecular weight is 433 g/mol. The molecule has 0 aliphatic heterocycles. The number of benzene rings is 3. The maximum Gasteiger partial charge on any atom is 0.337 e. The molecule has 8 heteroatoms. The van der Waals surface area contributed by atoms with Crippen LogP contribution in [0.15, 0.2) is 72.8 Å². The van der Waals surface area contributed by atoms with Crippen LogP contribution in [0.25, 0.3) is 0 Å². The van der Waals surface area contributed by atoms with Gasteiger partial charge in [0.15, 0.2) is 0 Å². The normalized spacial score (nSPS) is 10.1. The Morgan fingerprint density at radius 1 is 0.750 bits per heavy atom. The summed E-state index contributed by atoms with van der Waals surface area (Å²) in [5, 5.41) is 8.53. The summed E-state index contributed by atoms with van der Waals surface area (Å²) in [7, 11) is 2.85. The molecule has 0 bridgehead atoms. The van der Waals surface area contributed by atoms with Crippen LogP contribution in [0.5, 0.6) is 5.75 Å². The molecule has 0 aromatic heterocycles. The van der Waals surface area contributed by atoms with Gasteiger partial charge >= 0.3 is 5.97 Å². The molecule has 0 radical (unpaired) electrons. The van der Waals surface area contributed by atoms with E-state index in [-0.39, 0.29) is 18.4 Å². The van der Waals surface area contributed by atoms with Gasteiger partial charge in [0.1, 0.15) is 5.75 Å². The number of methoxy groups -OCH3 is 2. The number of carbonyl (C=O) groups excluding carboxylic acids is 3. The Labute approximate surface area is 185 Å². The molecule has 0 atom stereocenters. The quantitative estimate of drug-likeness (QED) is 0.467. The molecule has 164 valence electrons. The van der Waals surface area contributed by atoms with Crippen molar-refractivity contribution in [1.82, 2.24) is 0 Å². The zero-order chi connectivity index (χ0) is 22.9. The number of hydrogen-bond donors (Lipinski definition) is 3. The van der Waals surface area contributed by atoms with E-state index in [0.717, 1.165) is 0 Å². The third-order valence-electron chi connectivity index (χ3n) is 4.55. The first-order chi connectivity index (χ1) is 15.5. The van der Waals surface area contributed by atoms with Crippen molar-refractivity contribution in [3.05, 3.63) is 83.9 Å². The van der Waals surface area contributed by atoms with Crippen molar-refractivity contribution in [2.75, 3.05) is 36.7 Å². The van der Waals surface area contributed by atoms with E-state index in [1.165, 1.54) is 14.2 Å². The Kier molecular flexibility index (Phi) is 7.42. The van der Waals surface area contributed by atoms with Gasteiger partial charge in [0, 0.05) is 16.9 Å². The van der Waals surface area contributed by atoms with Crippen LogP contribution < -0.4 is 20.7 Å². The van der Waals surface area contributed by atoms with Gasteiger partial charge in [-0.3, -0.25) is 9.59 Å². The van der Waals surface area contributed by atoms with Crippen molar-refractivity contribution in [3.8, 4) is 5.75 Å². The topological polar surface area (TPSA) is 106 Å². The van der Waals surface area contributed by atoms with Crippen LogP contribution in [0.4, 0.5) is 17.1 Å². The van der Waals surface area contributed by atoms with E-state index in [9.17, 15) is 14.4 Å². The molecule has 8 nitrogen and oxygen atoms in total. The Hall–Kier alpha value is -4.33. The molecule has 3 rings (SSSR count). The summed E-state index contributed by atoms with van der Waals surface area (Å²) in [6.07, 6.45) is 0. The minimum atomic E-state index is -0.422. The van der Waals surface area contributed by atoms with Crippen LogP contribution in [0.1, 0.15) is 20.7 Å². The van der Waals surface area contributed by atoms with E-state index in [1.54, 1.807) is 66.7 Å². The van der Waals surface area contributed by atoms with Crippen molar-refractivity contribution >= 4 is 34.8 Å². The lowest BCUT2D eigenvalue weighted by Crippen LogP contribution is -2.21. The number of hydrogen-bond acceptors (Lipinski definition) is 6. The monoisotopic (exact) mass is 433 g/mol. The lowest BCUT2D eigenvalue weighted by Gasteiger charge is -2.11. The Morgan fingerprint density at radius 3 is 2.03 bits per heavy atom. The third kappa shape index (κ3) is 5.85. The second-order valence-corrected chi connectivity index (χ2v) is 6.70. The summed E-state index contributed by atoms with van der Waals surface area (Å²) in [5.41, 5.74) is 2.70. The van der Waals surface area contributed by atoms with Gasteiger partial charge < -0.3 is 25.4 Å². The number of para-hydroxylation sites is 2. The highest BCUT2D eigenvalue weighted by Crippen LogP contribution is 2.24. The number of ether oxygens (including phenoxy) is 2. The second-order valence-electron chi connectivity index (χ2n) is 6.70. The molecule has 0 aliphatic carbocycles. The summed E-state index contributed by atoms with van der Waals surface area (Å²) in [6.45, 7) is 0.0353. The number of esters is 1. The minimum absolute atomic E-state index is 0.0353. The fourth-order valence-corrected chi connectivity index (χ4v) is 2.88. The molecule has 3 aromatic carbocycles. The highest BCUT2D eigenvalue weighted by atomic mass is 16.5. The van der Waals surface area contributed by atoms with E-state index in [4.69, 9.17) is 4.74 Å². The average Bonchev–Trinajstić information content (AvgIpc) is 2.83. The zero-order valence-electron chi connectivity index (χ0n) is 17.7. The lowest BCUT2D eigenvalue weighted by molar-refractivity contribution is -0.114. The highest BCUT2D eigenvalue weighted by Gasteiger charge is 2.10. The SMILES string of the molecule is COC(=O)c1ccc(NCC(=O)Nc2ccc(C(=O)Nc3ccccc3OC)cc2)cc1. The molecule has 0 unspecified atom stereocenters. The molecule has 0 heterocycles. The molecule has 3 N–H and O–H groups in total. The summed E-state index contributed by atoms with van der Waals surface area (Å²) in [5.74, 6) is -0.399. The maximum atomic E-state index is 12.5. The summed E-state index contributed by atoms with van der Waals surface area (Å²) >= 11 is 0. The predicted molar refractivity (Wildman–Crippen MR) is 122 cm³/mol. The number of nitrogens with one attached hydrogen (secondary N) is 3. The lowest BCUT2D eigenvalue weighted by atomic mass is 10.2. The fraction of sp³-hybridized carbons (Fsp3) is 0.125. The Morgan fingerprint density at radius 2 is 1.38 bits per heavy atom. The summed E-state index contributed by atoms with van der Waals surface area (Å²) < 4.78 is 9.88. The van der Waals surface area contributed by atoms with Gasteiger partial charge in [-0.25, -0.2) is 4.79 Å². The molecule has 3 aromatic rings. The summed E-state index contributed by atoms with van der Waals surface area (Å²) in [6, 6.07) is 20.3. The van der Waals surface area contributed by atoms with Crippen molar-refractivity contribution in [2.24, 2.45) is 0 Å². The van der Waals surface area contributed by atoms with E-state index >= 15 is 0 Å². The van der Waals surface area contributed by atoms with E-state index in [0.29, 0.717) is 33.9 Å². The van der Waals surface area contributed by atoms with Gasteiger partial charge in [0.2, 0.25) is 5.91 Å². The van der Waals surface area contributed by atoms with Crippen molar-refractivity contribution in [2.45, 2.75) is 0 Å². The number of amides is 2. The first-order valence-corrected chi connectivity index (χ1v) is 9.76.